The van der Waals surface area contributed by atoms with Gasteiger partial charge in [-0.15, -0.1) is 0 Å². The van der Waals surface area contributed by atoms with Crippen molar-refractivity contribution in [2.24, 2.45) is 5.41 Å². The molecule has 4 nitrogen and oxygen atoms in total. The molecule has 1 unspecified atom stereocenters. The Kier molecular flexibility index (Phi) is 5.44. The van der Waals surface area contributed by atoms with Crippen molar-refractivity contribution in [2.45, 2.75) is 66.1 Å². The molecule has 1 saturated heterocycles. The number of aromatic nitrogens is 2. The van der Waals surface area contributed by atoms with Crippen molar-refractivity contribution in [2.75, 3.05) is 19.6 Å². The van der Waals surface area contributed by atoms with Crippen LogP contribution in [0.4, 0.5) is 0 Å². The third kappa shape index (κ3) is 4.30. The van der Waals surface area contributed by atoms with Crippen LogP contribution in [0.2, 0.25) is 0 Å². The molecule has 0 radical (unpaired) electrons. The Morgan fingerprint density at radius 3 is 2.67 bits per heavy atom. The summed E-state index contributed by atoms with van der Waals surface area (Å²) in [7, 11) is 0. The van der Waals surface area contributed by atoms with E-state index in [0.29, 0.717) is 17.5 Å². The summed E-state index contributed by atoms with van der Waals surface area (Å²) in [5.74, 6) is 0. The fourth-order valence-electron chi connectivity index (χ4n) is 3.09. The van der Waals surface area contributed by atoms with Crippen molar-refractivity contribution in [1.29, 1.82) is 0 Å². The van der Waals surface area contributed by atoms with Crippen LogP contribution in [0.1, 0.15) is 59.2 Å². The van der Waals surface area contributed by atoms with E-state index >= 15 is 0 Å². The van der Waals surface area contributed by atoms with Crippen LogP contribution in [0.3, 0.4) is 0 Å². The highest BCUT2D eigenvalue weighted by Gasteiger charge is 2.29. The number of piperazine rings is 1. The smallest absolute Gasteiger partial charge is 0.0764 e. The SMILES string of the molecule is CCC(CC)n1ccc(CN2CCNC(C(C)(C)C)C2)n1. The van der Waals surface area contributed by atoms with E-state index in [1.54, 1.807) is 0 Å². The lowest BCUT2D eigenvalue weighted by Crippen LogP contribution is -2.55. The topological polar surface area (TPSA) is 33.1 Å². The molecular weight excluding hydrogens is 260 g/mol. The van der Waals surface area contributed by atoms with Gasteiger partial charge in [-0.05, 0) is 24.3 Å². The third-order valence-corrected chi connectivity index (χ3v) is 4.67. The van der Waals surface area contributed by atoms with Crippen LogP contribution < -0.4 is 5.32 Å². The van der Waals surface area contributed by atoms with Gasteiger partial charge in [0, 0.05) is 38.4 Å². The van der Waals surface area contributed by atoms with Gasteiger partial charge in [-0.1, -0.05) is 34.6 Å². The van der Waals surface area contributed by atoms with Crippen LogP contribution in [0.25, 0.3) is 0 Å². The minimum atomic E-state index is 0.313. The number of hydrogen-bond donors (Lipinski definition) is 1. The first kappa shape index (κ1) is 16.5. The van der Waals surface area contributed by atoms with E-state index in [2.05, 4.69) is 61.8 Å². The Morgan fingerprint density at radius 1 is 1.33 bits per heavy atom. The molecule has 1 aromatic rings. The van der Waals surface area contributed by atoms with Crippen LogP contribution in [0.5, 0.6) is 0 Å². The molecule has 1 atom stereocenters. The molecule has 4 heteroatoms. The van der Waals surface area contributed by atoms with Crippen molar-refractivity contribution in [3.63, 3.8) is 0 Å². The van der Waals surface area contributed by atoms with E-state index in [-0.39, 0.29) is 0 Å². The summed E-state index contributed by atoms with van der Waals surface area (Å²) in [5.41, 5.74) is 1.52. The van der Waals surface area contributed by atoms with Gasteiger partial charge in [-0.2, -0.15) is 5.10 Å². The molecule has 120 valence electrons. The van der Waals surface area contributed by atoms with E-state index in [1.807, 2.05) is 0 Å². The fraction of sp³-hybridized carbons (Fsp3) is 0.824. The molecule has 0 saturated carbocycles. The molecule has 1 N–H and O–H groups in total. The first-order chi connectivity index (χ1) is 9.94. The predicted octanol–water partition coefficient (Wildman–Crippen LogP) is 3.06. The molecule has 2 heterocycles. The van der Waals surface area contributed by atoms with Crippen molar-refractivity contribution in [1.82, 2.24) is 20.0 Å². The Bertz CT molecular complexity index is 428. The number of nitrogens with zero attached hydrogens (tertiary/aromatic N) is 3. The molecule has 0 amide bonds. The number of hydrogen-bond acceptors (Lipinski definition) is 3. The molecule has 1 aliphatic rings. The van der Waals surface area contributed by atoms with Gasteiger partial charge in [0.15, 0.2) is 0 Å². The van der Waals surface area contributed by atoms with Gasteiger partial charge in [0.05, 0.1) is 11.7 Å². The highest BCUT2D eigenvalue weighted by atomic mass is 15.3. The third-order valence-electron chi connectivity index (χ3n) is 4.67. The summed E-state index contributed by atoms with van der Waals surface area (Å²) in [4.78, 5) is 2.53. The van der Waals surface area contributed by atoms with Gasteiger partial charge < -0.3 is 5.32 Å². The number of rotatable bonds is 5. The molecule has 1 aromatic heterocycles. The van der Waals surface area contributed by atoms with E-state index < -0.39 is 0 Å². The maximum atomic E-state index is 4.79. The van der Waals surface area contributed by atoms with Crippen molar-refractivity contribution >= 4 is 0 Å². The van der Waals surface area contributed by atoms with Gasteiger partial charge in [0.1, 0.15) is 0 Å². The maximum absolute atomic E-state index is 4.79. The van der Waals surface area contributed by atoms with Gasteiger partial charge in [0.2, 0.25) is 0 Å². The van der Waals surface area contributed by atoms with E-state index in [1.165, 1.54) is 5.69 Å². The van der Waals surface area contributed by atoms with Crippen molar-refractivity contribution in [3.05, 3.63) is 18.0 Å². The highest BCUT2D eigenvalue weighted by Crippen LogP contribution is 2.22. The van der Waals surface area contributed by atoms with Crippen molar-refractivity contribution in [3.8, 4) is 0 Å². The summed E-state index contributed by atoms with van der Waals surface area (Å²) >= 11 is 0. The number of nitrogens with one attached hydrogen (secondary N) is 1. The Hall–Kier alpha value is -0.870. The van der Waals surface area contributed by atoms with Crippen molar-refractivity contribution < 1.29 is 0 Å². The largest absolute Gasteiger partial charge is 0.311 e. The summed E-state index contributed by atoms with van der Waals surface area (Å²) in [6.45, 7) is 15.7. The molecule has 0 aromatic carbocycles. The highest BCUT2D eigenvalue weighted by molar-refractivity contribution is 5.01. The van der Waals surface area contributed by atoms with Crippen LogP contribution in [0, 0.1) is 5.41 Å². The molecule has 2 rings (SSSR count). The Morgan fingerprint density at radius 2 is 2.05 bits per heavy atom. The molecule has 1 aliphatic heterocycles. The average molecular weight is 292 g/mol. The second kappa shape index (κ2) is 6.93. The van der Waals surface area contributed by atoms with E-state index in [4.69, 9.17) is 5.10 Å². The molecule has 21 heavy (non-hydrogen) atoms. The molecule has 0 spiro atoms. The zero-order valence-electron chi connectivity index (χ0n) is 14.4. The first-order valence-corrected chi connectivity index (χ1v) is 8.43. The second-order valence-electron chi connectivity index (χ2n) is 7.37. The molecule has 0 aliphatic carbocycles. The summed E-state index contributed by atoms with van der Waals surface area (Å²) < 4.78 is 2.15. The van der Waals surface area contributed by atoms with Gasteiger partial charge in [0.25, 0.3) is 0 Å². The minimum Gasteiger partial charge on any atom is -0.311 e. The van der Waals surface area contributed by atoms with E-state index in [9.17, 15) is 0 Å². The predicted molar refractivity (Wildman–Crippen MR) is 88.4 cm³/mol. The zero-order chi connectivity index (χ0) is 15.5. The zero-order valence-corrected chi connectivity index (χ0v) is 14.4. The average Bonchev–Trinajstić information content (AvgIpc) is 2.88. The summed E-state index contributed by atoms with van der Waals surface area (Å²) in [6, 6.07) is 3.29. The quantitative estimate of drug-likeness (QED) is 0.905. The minimum absolute atomic E-state index is 0.313. The van der Waals surface area contributed by atoms with Crippen LogP contribution in [-0.4, -0.2) is 40.4 Å². The van der Waals surface area contributed by atoms with Crippen LogP contribution >= 0.6 is 0 Å². The van der Waals surface area contributed by atoms with Gasteiger partial charge in [-0.25, -0.2) is 0 Å². The van der Waals surface area contributed by atoms with Crippen LogP contribution in [-0.2, 0) is 6.54 Å². The maximum Gasteiger partial charge on any atom is 0.0764 e. The molecular formula is C17H32N4. The van der Waals surface area contributed by atoms with Gasteiger partial charge in [-0.3, -0.25) is 9.58 Å². The van der Waals surface area contributed by atoms with E-state index in [0.717, 1.165) is 39.0 Å². The van der Waals surface area contributed by atoms with Gasteiger partial charge >= 0.3 is 0 Å². The van der Waals surface area contributed by atoms with Crippen LogP contribution in [0.15, 0.2) is 12.3 Å². The first-order valence-electron chi connectivity index (χ1n) is 8.43. The summed E-state index contributed by atoms with van der Waals surface area (Å²) in [5, 5.41) is 8.44. The monoisotopic (exact) mass is 292 g/mol. The standard InChI is InChI=1S/C17H32N4/c1-6-15(7-2)21-10-8-14(19-21)12-20-11-9-18-16(13-20)17(3,4)5/h8,10,15-16,18H,6-7,9,11-13H2,1-5H3. The molecule has 1 fully saturated rings. The molecule has 0 bridgehead atoms. The Balaban J connectivity index is 1.95. The lowest BCUT2D eigenvalue weighted by Gasteiger charge is -2.40. The summed E-state index contributed by atoms with van der Waals surface area (Å²) in [6.07, 6.45) is 4.45. The lowest BCUT2D eigenvalue weighted by molar-refractivity contribution is 0.128. The Labute approximate surface area is 129 Å². The lowest BCUT2D eigenvalue weighted by atomic mass is 9.85. The second-order valence-corrected chi connectivity index (χ2v) is 7.37. The fourth-order valence-corrected chi connectivity index (χ4v) is 3.09. The normalized spacial score (nSPS) is 21.1.